The molecule has 0 N–H and O–H groups in total. The lowest BCUT2D eigenvalue weighted by molar-refractivity contribution is 0.0298. The average Bonchev–Trinajstić information content (AvgIpc) is 3.07. The Balaban J connectivity index is 1.33. The van der Waals surface area contributed by atoms with Crippen LogP contribution in [0.3, 0.4) is 0 Å². The number of ether oxygens (including phenoxy) is 1. The molecule has 0 bridgehead atoms. The highest BCUT2D eigenvalue weighted by atomic mass is 32.1. The van der Waals surface area contributed by atoms with Crippen molar-refractivity contribution in [3.63, 3.8) is 0 Å². The van der Waals surface area contributed by atoms with Gasteiger partial charge >= 0.3 is 0 Å². The standard InChI is InChI=1S/C22H24N4O3S/c1-2-19-24-26-20(28)12-15(23-21(26)30-19)14-25-10-5-8-22(9-11-25)13-17(27)16-6-3-4-7-18(16)29-22/h3-4,6-7,12H,2,5,8-11,13-14H2,1H3. The van der Waals surface area contributed by atoms with Crippen molar-refractivity contribution in [1.82, 2.24) is 19.5 Å². The Morgan fingerprint density at radius 3 is 2.93 bits per heavy atom. The molecule has 8 heteroatoms. The topological polar surface area (TPSA) is 76.8 Å². The number of hydrogen-bond acceptors (Lipinski definition) is 7. The van der Waals surface area contributed by atoms with Crippen molar-refractivity contribution in [1.29, 1.82) is 0 Å². The van der Waals surface area contributed by atoms with E-state index in [9.17, 15) is 9.59 Å². The number of para-hydroxylation sites is 1. The first-order valence-electron chi connectivity index (χ1n) is 10.5. The maximum Gasteiger partial charge on any atom is 0.275 e. The highest BCUT2D eigenvalue weighted by molar-refractivity contribution is 7.16. The van der Waals surface area contributed by atoms with Gasteiger partial charge in [-0.25, -0.2) is 4.98 Å². The highest BCUT2D eigenvalue weighted by Crippen LogP contribution is 2.39. The van der Waals surface area contributed by atoms with Crippen LogP contribution in [0.5, 0.6) is 5.75 Å². The fraction of sp³-hybridized carbons (Fsp3) is 0.455. The smallest absolute Gasteiger partial charge is 0.275 e. The van der Waals surface area contributed by atoms with Crippen molar-refractivity contribution in [2.45, 2.75) is 51.2 Å². The van der Waals surface area contributed by atoms with Crippen molar-refractivity contribution in [2.24, 2.45) is 0 Å². The van der Waals surface area contributed by atoms with Crippen LogP contribution in [0.2, 0.25) is 0 Å². The molecule has 1 unspecified atom stereocenters. The number of nitrogens with zero attached hydrogens (tertiary/aromatic N) is 4. The molecule has 1 atom stereocenters. The van der Waals surface area contributed by atoms with Gasteiger partial charge in [0.25, 0.3) is 5.56 Å². The van der Waals surface area contributed by atoms with Crippen molar-refractivity contribution in [3.05, 3.63) is 57.0 Å². The molecule has 2 aromatic heterocycles. The minimum Gasteiger partial charge on any atom is -0.486 e. The second-order valence-corrected chi connectivity index (χ2v) is 9.18. The molecule has 7 nitrogen and oxygen atoms in total. The summed E-state index contributed by atoms with van der Waals surface area (Å²) >= 11 is 1.47. The zero-order valence-electron chi connectivity index (χ0n) is 17.0. The summed E-state index contributed by atoms with van der Waals surface area (Å²) in [6.07, 6.45) is 3.81. The number of rotatable bonds is 3. The van der Waals surface area contributed by atoms with E-state index in [4.69, 9.17) is 4.74 Å². The lowest BCUT2D eigenvalue weighted by Gasteiger charge is -2.37. The summed E-state index contributed by atoms with van der Waals surface area (Å²) in [5.74, 6) is 0.877. The molecule has 0 aliphatic carbocycles. The largest absolute Gasteiger partial charge is 0.486 e. The third-order valence-corrected chi connectivity index (χ3v) is 7.07. The van der Waals surface area contributed by atoms with Gasteiger partial charge in [-0.3, -0.25) is 14.5 Å². The first-order valence-corrected chi connectivity index (χ1v) is 11.3. The first-order chi connectivity index (χ1) is 14.5. The van der Waals surface area contributed by atoms with Crippen molar-refractivity contribution >= 4 is 22.1 Å². The Labute approximate surface area is 178 Å². The fourth-order valence-corrected chi connectivity index (χ4v) is 5.31. The third kappa shape index (κ3) is 3.54. The summed E-state index contributed by atoms with van der Waals surface area (Å²) in [5.41, 5.74) is 0.909. The van der Waals surface area contributed by atoms with Gasteiger partial charge in [0.05, 0.1) is 17.7 Å². The molecule has 5 rings (SSSR count). The molecular weight excluding hydrogens is 400 g/mol. The predicted molar refractivity (Wildman–Crippen MR) is 114 cm³/mol. The van der Waals surface area contributed by atoms with E-state index in [0.717, 1.165) is 49.5 Å². The average molecular weight is 425 g/mol. The van der Waals surface area contributed by atoms with Crippen LogP contribution >= 0.6 is 11.3 Å². The molecule has 1 saturated heterocycles. The number of aromatic nitrogens is 3. The second kappa shape index (κ2) is 7.59. The monoisotopic (exact) mass is 424 g/mol. The summed E-state index contributed by atoms with van der Waals surface area (Å²) in [5, 5.41) is 5.22. The molecule has 1 aromatic carbocycles. The van der Waals surface area contributed by atoms with Gasteiger partial charge in [0.1, 0.15) is 16.4 Å². The van der Waals surface area contributed by atoms with Gasteiger partial charge in [-0.2, -0.15) is 9.61 Å². The van der Waals surface area contributed by atoms with Crippen LogP contribution in [0.25, 0.3) is 4.96 Å². The Morgan fingerprint density at radius 2 is 2.07 bits per heavy atom. The zero-order valence-corrected chi connectivity index (χ0v) is 17.8. The second-order valence-electron chi connectivity index (χ2n) is 8.14. The molecule has 1 fully saturated rings. The number of carbonyl (C=O) groups excluding carboxylic acids is 1. The van der Waals surface area contributed by atoms with Crippen LogP contribution in [0.1, 0.15) is 53.7 Å². The summed E-state index contributed by atoms with van der Waals surface area (Å²) < 4.78 is 7.77. The van der Waals surface area contributed by atoms with E-state index in [1.54, 1.807) is 6.07 Å². The van der Waals surface area contributed by atoms with Gasteiger partial charge in [0.2, 0.25) is 4.96 Å². The summed E-state index contributed by atoms with van der Waals surface area (Å²) in [7, 11) is 0. The maximum atomic E-state index is 12.7. The number of hydrogen-bond donors (Lipinski definition) is 0. The van der Waals surface area contributed by atoms with Gasteiger partial charge < -0.3 is 4.74 Å². The Bertz CT molecular complexity index is 1170. The number of benzene rings is 1. The Morgan fingerprint density at radius 1 is 1.20 bits per heavy atom. The minimum absolute atomic E-state index is 0.130. The molecular formula is C22H24N4O3S. The van der Waals surface area contributed by atoms with Crippen LogP contribution in [-0.4, -0.2) is 44.0 Å². The molecule has 1 spiro atoms. The van der Waals surface area contributed by atoms with Gasteiger partial charge in [-0.15, -0.1) is 0 Å². The molecule has 0 saturated carbocycles. The van der Waals surface area contributed by atoms with Crippen molar-refractivity contribution in [2.75, 3.05) is 13.1 Å². The molecule has 0 radical (unpaired) electrons. The van der Waals surface area contributed by atoms with E-state index in [1.807, 2.05) is 31.2 Å². The van der Waals surface area contributed by atoms with Crippen molar-refractivity contribution in [3.8, 4) is 5.75 Å². The van der Waals surface area contributed by atoms with E-state index >= 15 is 0 Å². The third-order valence-electron chi connectivity index (χ3n) is 6.02. The number of aryl methyl sites for hydroxylation is 1. The molecule has 156 valence electrons. The fourth-order valence-electron chi connectivity index (χ4n) is 4.45. The number of carbonyl (C=O) groups is 1. The zero-order chi connectivity index (χ0) is 20.7. The molecule has 2 aliphatic rings. The summed E-state index contributed by atoms with van der Waals surface area (Å²) in [6, 6.07) is 9.12. The van der Waals surface area contributed by atoms with Gasteiger partial charge in [0.15, 0.2) is 5.78 Å². The molecule has 4 heterocycles. The van der Waals surface area contributed by atoms with Crippen LogP contribution in [-0.2, 0) is 13.0 Å². The first kappa shape index (κ1) is 19.4. The van der Waals surface area contributed by atoms with E-state index in [0.29, 0.717) is 29.2 Å². The SMILES string of the molecule is CCc1nn2c(=O)cc(CN3CCCC4(CC3)CC(=O)c3ccccc3O4)nc2s1. The minimum atomic E-state index is -0.426. The van der Waals surface area contributed by atoms with Gasteiger partial charge in [0, 0.05) is 25.6 Å². The van der Waals surface area contributed by atoms with E-state index in [2.05, 4.69) is 15.0 Å². The number of fused-ring (bicyclic) bond motifs is 2. The number of likely N-dealkylation sites (tertiary alicyclic amines) is 1. The Hall–Kier alpha value is -2.58. The van der Waals surface area contributed by atoms with Crippen molar-refractivity contribution < 1.29 is 9.53 Å². The molecule has 30 heavy (non-hydrogen) atoms. The molecule has 2 aliphatic heterocycles. The number of ketones is 1. The lowest BCUT2D eigenvalue weighted by atomic mass is 9.84. The Kier molecular flexibility index (Phi) is 4.91. The lowest BCUT2D eigenvalue weighted by Crippen LogP contribution is -2.42. The van der Waals surface area contributed by atoms with Gasteiger partial charge in [-0.05, 0) is 37.9 Å². The highest BCUT2D eigenvalue weighted by Gasteiger charge is 2.41. The quantitative estimate of drug-likeness (QED) is 0.643. The molecule has 3 aromatic rings. The van der Waals surface area contributed by atoms with E-state index < -0.39 is 5.60 Å². The van der Waals surface area contributed by atoms with Gasteiger partial charge in [-0.1, -0.05) is 30.4 Å². The normalized spacial score (nSPS) is 22.1. The predicted octanol–water partition coefficient (Wildman–Crippen LogP) is 3.10. The molecule has 0 amide bonds. The van der Waals surface area contributed by atoms with E-state index in [-0.39, 0.29) is 11.3 Å². The summed E-state index contributed by atoms with van der Waals surface area (Å²) in [6.45, 7) is 4.34. The summed E-state index contributed by atoms with van der Waals surface area (Å²) in [4.78, 5) is 32.7. The maximum absolute atomic E-state index is 12.7. The van der Waals surface area contributed by atoms with Crippen LogP contribution < -0.4 is 10.3 Å². The van der Waals surface area contributed by atoms with E-state index in [1.165, 1.54) is 15.9 Å². The van der Waals surface area contributed by atoms with Crippen LogP contribution in [0.4, 0.5) is 0 Å². The van der Waals surface area contributed by atoms with Crippen LogP contribution in [0, 0.1) is 0 Å². The van der Waals surface area contributed by atoms with Crippen LogP contribution in [0.15, 0.2) is 35.1 Å². The number of Topliss-reactive ketones (excluding diaryl/α,β-unsaturated/α-hetero) is 1.